The van der Waals surface area contributed by atoms with Gasteiger partial charge in [-0.25, -0.2) is 0 Å². The first-order valence-corrected chi connectivity index (χ1v) is 7.75. The van der Waals surface area contributed by atoms with E-state index in [9.17, 15) is 4.79 Å². The van der Waals surface area contributed by atoms with Gasteiger partial charge in [-0.2, -0.15) is 0 Å². The number of rotatable bonds is 4. The van der Waals surface area contributed by atoms with Crippen molar-refractivity contribution in [3.05, 3.63) is 0 Å². The molecule has 3 rings (SSSR count). The van der Waals surface area contributed by atoms with Crippen molar-refractivity contribution in [2.24, 2.45) is 0 Å². The smallest absolute Gasteiger partial charge is 0.236 e. The lowest BCUT2D eigenvalue weighted by molar-refractivity contribution is -0.134. The average Bonchev–Trinajstić information content (AvgIpc) is 2.95. The summed E-state index contributed by atoms with van der Waals surface area (Å²) < 4.78 is 11.1. The van der Waals surface area contributed by atoms with E-state index in [0.717, 1.165) is 32.8 Å². The maximum absolute atomic E-state index is 12.0. The molecule has 2 atom stereocenters. The molecule has 20 heavy (non-hydrogen) atoms. The molecule has 2 unspecified atom stereocenters. The van der Waals surface area contributed by atoms with Crippen LogP contribution in [0.25, 0.3) is 0 Å². The van der Waals surface area contributed by atoms with Crippen molar-refractivity contribution >= 4 is 5.91 Å². The maximum Gasteiger partial charge on any atom is 0.236 e. The molecule has 6 nitrogen and oxygen atoms in total. The van der Waals surface area contributed by atoms with Gasteiger partial charge in [0.15, 0.2) is 0 Å². The Bertz CT molecular complexity index is 334. The van der Waals surface area contributed by atoms with Crippen LogP contribution in [-0.2, 0) is 14.3 Å². The highest BCUT2D eigenvalue weighted by molar-refractivity contribution is 5.78. The molecular weight excluding hydrogens is 258 g/mol. The van der Waals surface area contributed by atoms with E-state index in [0.29, 0.717) is 25.8 Å². The first-order valence-electron chi connectivity index (χ1n) is 7.75. The number of hydrogen-bond donors (Lipinski definition) is 1. The number of carbonyl (C=O) groups is 1. The lowest BCUT2D eigenvalue weighted by atomic mass is 10.2. The van der Waals surface area contributed by atoms with Crippen molar-refractivity contribution in [1.82, 2.24) is 15.1 Å². The third-order valence-electron chi connectivity index (χ3n) is 4.47. The molecule has 3 aliphatic heterocycles. The summed E-state index contributed by atoms with van der Waals surface area (Å²) in [6, 6.07) is 0.640. The molecule has 114 valence electrons. The average molecular weight is 283 g/mol. The van der Waals surface area contributed by atoms with Crippen LogP contribution in [0.5, 0.6) is 0 Å². The second-order valence-electron chi connectivity index (χ2n) is 5.87. The standard InChI is InChI=1S/C14H25N3O3/c18-14(16-4-6-19-7-5-16)9-15-8-13-10-17-3-1-2-12(17)11-20-13/h12-13,15H,1-11H2. The summed E-state index contributed by atoms with van der Waals surface area (Å²) in [7, 11) is 0. The molecule has 0 bridgehead atoms. The molecule has 3 saturated heterocycles. The minimum Gasteiger partial charge on any atom is -0.378 e. The Morgan fingerprint density at radius 1 is 1.25 bits per heavy atom. The summed E-state index contributed by atoms with van der Waals surface area (Å²) in [6.45, 7) is 6.99. The molecule has 3 heterocycles. The molecule has 0 aromatic heterocycles. The van der Waals surface area contributed by atoms with Gasteiger partial charge in [0.05, 0.1) is 32.5 Å². The highest BCUT2D eigenvalue weighted by Crippen LogP contribution is 2.22. The SMILES string of the molecule is O=C(CNCC1CN2CCCC2CO1)N1CCOCC1. The molecule has 1 N–H and O–H groups in total. The predicted molar refractivity (Wildman–Crippen MR) is 74.6 cm³/mol. The van der Waals surface area contributed by atoms with E-state index < -0.39 is 0 Å². The number of fused-ring (bicyclic) bond motifs is 1. The van der Waals surface area contributed by atoms with Crippen LogP contribution in [0, 0.1) is 0 Å². The summed E-state index contributed by atoms with van der Waals surface area (Å²) in [5.41, 5.74) is 0. The minimum atomic E-state index is 0.170. The summed E-state index contributed by atoms with van der Waals surface area (Å²) >= 11 is 0. The first kappa shape index (κ1) is 14.3. The molecule has 0 saturated carbocycles. The van der Waals surface area contributed by atoms with Gasteiger partial charge in [-0.15, -0.1) is 0 Å². The number of morpholine rings is 2. The van der Waals surface area contributed by atoms with Gasteiger partial charge in [-0.3, -0.25) is 9.69 Å². The molecular formula is C14H25N3O3. The van der Waals surface area contributed by atoms with Crippen LogP contribution in [0.4, 0.5) is 0 Å². The zero-order valence-corrected chi connectivity index (χ0v) is 12.1. The largest absolute Gasteiger partial charge is 0.378 e. The van der Waals surface area contributed by atoms with Gasteiger partial charge in [-0.1, -0.05) is 0 Å². The topological polar surface area (TPSA) is 54.0 Å². The molecule has 0 aliphatic carbocycles. The van der Waals surface area contributed by atoms with Crippen molar-refractivity contribution in [1.29, 1.82) is 0 Å². The highest BCUT2D eigenvalue weighted by atomic mass is 16.5. The minimum absolute atomic E-state index is 0.170. The molecule has 0 aromatic rings. The van der Waals surface area contributed by atoms with Crippen molar-refractivity contribution in [3.8, 4) is 0 Å². The van der Waals surface area contributed by atoms with Crippen molar-refractivity contribution < 1.29 is 14.3 Å². The van der Waals surface area contributed by atoms with E-state index in [4.69, 9.17) is 9.47 Å². The van der Waals surface area contributed by atoms with Crippen LogP contribution in [0.2, 0.25) is 0 Å². The monoisotopic (exact) mass is 283 g/mol. The van der Waals surface area contributed by atoms with E-state index in [1.54, 1.807) is 0 Å². The van der Waals surface area contributed by atoms with Gasteiger partial charge in [-0.05, 0) is 19.4 Å². The normalized spacial score (nSPS) is 31.3. The van der Waals surface area contributed by atoms with E-state index in [1.807, 2.05) is 4.90 Å². The molecule has 1 amide bonds. The maximum atomic E-state index is 12.0. The molecule has 3 aliphatic rings. The fourth-order valence-corrected chi connectivity index (χ4v) is 3.27. The molecule has 0 radical (unpaired) electrons. The Kier molecular flexibility index (Phi) is 4.88. The second-order valence-corrected chi connectivity index (χ2v) is 5.87. The number of ether oxygens (including phenoxy) is 2. The number of carbonyl (C=O) groups excluding carboxylic acids is 1. The van der Waals surface area contributed by atoms with Gasteiger partial charge < -0.3 is 19.7 Å². The Labute approximate surface area is 120 Å². The van der Waals surface area contributed by atoms with Crippen molar-refractivity contribution in [2.45, 2.75) is 25.0 Å². The Morgan fingerprint density at radius 3 is 2.95 bits per heavy atom. The van der Waals surface area contributed by atoms with Crippen LogP contribution < -0.4 is 5.32 Å². The van der Waals surface area contributed by atoms with Crippen LogP contribution >= 0.6 is 0 Å². The fourth-order valence-electron chi connectivity index (χ4n) is 3.27. The molecule has 3 fully saturated rings. The third kappa shape index (κ3) is 3.49. The number of amides is 1. The van der Waals surface area contributed by atoms with E-state index in [1.165, 1.54) is 19.4 Å². The van der Waals surface area contributed by atoms with Gasteiger partial charge in [0, 0.05) is 32.2 Å². The van der Waals surface area contributed by atoms with Crippen molar-refractivity contribution in [3.63, 3.8) is 0 Å². The Balaban J connectivity index is 1.34. The third-order valence-corrected chi connectivity index (χ3v) is 4.47. The lowest BCUT2D eigenvalue weighted by Crippen LogP contribution is -2.51. The predicted octanol–water partition coefficient (Wildman–Crippen LogP) is -0.702. The van der Waals surface area contributed by atoms with E-state index in [-0.39, 0.29) is 12.0 Å². The molecule has 6 heteroatoms. The zero-order valence-electron chi connectivity index (χ0n) is 12.1. The van der Waals surface area contributed by atoms with Crippen LogP contribution in [0.15, 0.2) is 0 Å². The van der Waals surface area contributed by atoms with Gasteiger partial charge >= 0.3 is 0 Å². The number of nitrogens with one attached hydrogen (secondary N) is 1. The van der Waals surface area contributed by atoms with Crippen molar-refractivity contribution in [2.75, 3.05) is 59.1 Å². The highest BCUT2D eigenvalue weighted by Gasteiger charge is 2.32. The van der Waals surface area contributed by atoms with Crippen LogP contribution in [-0.4, -0.2) is 86.9 Å². The van der Waals surface area contributed by atoms with Crippen LogP contribution in [0.3, 0.4) is 0 Å². The summed E-state index contributed by atoms with van der Waals surface area (Å²) in [4.78, 5) is 16.4. The summed E-state index contributed by atoms with van der Waals surface area (Å²) in [5.74, 6) is 0.170. The van der Waals surface area contributed by atoms with Crippen LogP contribution in [0.1, 0.15) is 12.8 Å². The van der Waals surface area contributed by atoms with Gasteiger partial charge in [0.2, 0.25) is 5.91 Å². The molecule has 0 spiro atoms. The summed E-state index contributed by atoms with van der Waals surface area (Å²) in [5, 5.41) is 3.25. The summed E-state index contributed by atoms with van der Waals surface area (Å²) in [6.07, 6.45) is 2.79. The first-order chi connectivity index (χ1) is 9.83. The fraction of sp³-hybridized carbons (Fsp3) is 0.929. The van der Waals surface area contributed by atoms with E-state index >= 15 is 0 Å². The Morgan fingerprint density at radius 2 is 2.10 bits per heavy atom. The van der Waals surface area contributed by atoms with E-state index in [2.05, 4.69) is 10.2 Å². The van der Waals surface area contributed by atoms with Gasteiger partial charge in [0.25, 0.3) is 0 Å². The number of hydrogen-bond acceptors (Lipinski definition) is 5. The lowest BCUT2D eigenvalue weighted by Gasteiger charge is -2.35. The quantitative estimate of drug-likeness (QED) is 0.739. The zero-order chi connectivity index (χ0) is 13.8. The Hall–Kier alpha value is -0.690. The second kappa shape index (κ2) is 6.85. The van der Waals surface area contributed by atoms with Gasteiger partial charge in [0.1, 0.15) is 0 Å². The number of nitrogens with zero attached hydrogens (tertiary/aromatic N) is 2. The molecule has 0 aromatic carbocycles.